The minimum absolute atomic E-state index is 0.544. The fraction of sp³-hybridized carbons (Fsp3) is 0. The molecule has 0 radical (unpaired) electrons. The molecule has 0 N–H and O–H groups in total. The number of rotatable bonds is 6. The molecule has 13 aromatic rings. The van der Waals surface area contributed by atoms with Gasteiger partial charge in [0.25, 0.3) is 0 Å². The van der Waals surface area contributed by atoms with Gasteiger partial charge in [0.2, 0.25) is 11.9 Å². The van der Waals surface area contributed by atoms with Crippen LogP contribution in [0.5, 0.6) is 0 Å². The zero-order chi connectivity index (χ0) is 41.4. The van der Waals surface area contributed by atoms with Gasteiger partial charge in [-0.3, -0.25) is 9.13 Å². The zero-order valence-electron chi connectivity index (χ0n) is 33.9. The van der Waals surface area contributed by atoms with E-state index in [9.17, 15) is 0 Å². The molecule has 6 nitrogen and oxygen atoms in total. The third kappa shape index (κ3) is 5.69. The first-order valence-electron chi connectivity index (χ1n) is 21.2. The summed E-state index contributed by atoms with van der Waals surface area (Å²) >= 11 is 0. The molecule has 0 atom stereocenters. The molecule has 6 heteroatoms. The Morgan fingerprint density at radius 3 is 1.37 bits per heavy atom. The Morgan fingerprint density at radius 2 is 0.714 bits per heavy atom. The van der Waals surface area contributed by atoms with Crippen LogP contribution in [0.4, 0.5) is 0 Å². The highest BCUT2D eigenvalue weighted by molar-refractivity contribution is 6.11. The van der Waals surface area contributed by atoms with Crippen LogP contribution in [0.15, 0.2) is 217 Å². The van der Waals surface area contributed by atoms with Gasteiger partial charge >= 0.3 is 0 Å². The van der Waals surface area contributed by atoms with Gasteiger partial charge < -0.3 is 4.42 Å². The minimum Gasteiger partial charge on any atom is -0.456 e. The first-order valence-corrected chi connectivity index (χ1v) is 21.2. The maximum atomic E-state index is 6.14. The van der Waals surface area contributed by atoms with E-state index in [1.165, 1.54) is 0 Å². The van der Waals surface area contributed by atoms with E-state index in [1.807, 2.05) is 12.1 Å². The van der Waals surface area contributed by atoms with E-state index in [2.05, 4.69) is 209 Å². The van der Waals surface area contributed by atoms with Crippen molar-refractivity contribution in [1.29, 1.82) is 0 Å². The minimum atomic E-state index is 0.544. The van der Waals surface area contributed by atoms with Crippen LogP contribution in [0.1, 0.15) is 0 Å². The van der Waals surface area contributed by atoms with Crippen molar-refractivity contribution in [3.8, 4) is 56.7 Å². The molecular weight excluding hydrogens is 771 g/mol. The van der Waals surface area contributed by atoms with E-state index in [1.54, 1.807) is 0 Å². The van der Waals surface area contributed by atoms with Crippen LogP contribution in [0.25, 0.3) is 122 Å². The first kappa shape index (κ1) is 35.2. The molecule has 294 valence electrons. The summed E-state index contributed by atoms with van der Waals surface area (Å²) in [5.74, 6) is 1.67. The SMILES string of the molecule is c1ccc(-c2ccc3c4ccccc4n(-c4nc(-c5cccc(-c6cccc(-c7ccc8oc9ccccc9c8c7)c6)c5)nc(-n5c6ccccc6c6ccccc65)n4)c3c2)cc1. The van der Waals surface area contributed by atoms with Gasteiger partial charge in [0, 0.05) is 37.9 Å². The quantitative estimate of drug-likeness (QED) is 0.168. The molecule has 4 heterocycles. The second kappa shape index (κ2) is 14.0. The number of para-hydroxylation sites is 4. The Balaban J connectivity index is 1.01. The number of furan rings is 1. The van der Waals surface area contributed by atoms with E-state index < -0.39 is 0 Å². The van der Waals surface area contributed by atoms with Crippen LogP contribution in [0, 0.1) is 0 Å². The largest absolute Gasteiger partial charge is 0.456 e. The van der Waals surface area contributed by atoms with Crippen molar-refractivity contribution in [3.63, 3.8) is 0 Å². The van der Waals surface area contributed by atoms with E-state index in [-0.39, 0.29) is 0 Å². The normalized spacial score (nSPS) is 11.8. The number of hydrogen-bond acceptors (Lipinski definition) is 4. The van der Waals surface area contributed by atoms with E-state index >= 15 is 0 Å². The average Bonchev–Trinajstić information content (AvgIpc) is 4.01. The number of hydrogen-bond donors (Lipinski definition) is 0. The fourth-order valence-electron chi connectivity index (χ4n) is 9.44. The zero-order valence-corrected chi connectivity index (χ0v) is 33.9. The van der Waals surface area contributed by atoms with Crippen LogP contribution in [-0.4, -0.2) is 24.1 Å². The second-order valence-corrected chi connectivity index (χ2v) is 16.1. The van der Waals surface area contributed by atoms with Crippen LogP contribution in [-0.2, 0) is 0 Å². The van der Waals surface area contributed by atoms with Gasteiger partial charge in [-0.05, 0) is 88.0 Å². The number of benzene rings is 9. The fourth-order valence-corrected chi connectivity index (χ4v) is 9.44. The van der Waals surface area contributed by atoms with Gasteiger partial charge in [-0.1, -0.05) is 158 Å². The van der Waals surface area contributed by atoms with Gasteiger partial charge in [-0.25, -0.2) is 0 Å². The molecule has 4 aromatic heterocycles. The highest BCUT2D eigenvalue weighted by Gasteiger charge is 2.21. The van der Waals surface area contributed by atoms with E-state index in [0.29, 0.717) is 17.7 Å². The molecule has 0 spiro atoms. The summed E-state index contributed by atoms with van der Waals surface area (Å²) in [5, 5.41) is 6.78. The lowest BCUT2D eigenvalue weighted by molar-refractivity contribution is 0.669. The van der Waals surface area contributed by atoms with Crippen LogP contribution in [0.3, 0.4) is 0 Å². The predicted octanol–water partition coefficient (Wildman–Crippen LogP) is 14.6. The van der Waals surface area contributed by atoms with Gasteiger partial charge in [0.05, 0.1) is 22.1 Å². The van der Waals surface area contributed by atoms with Crippen molar-refractivity contribution < 1.29 is 4.42 Å². The molecule has 63 heavy (non-hydrogen) atoms. The highest BCUT2D eigenvalue weighted by atomic mass is 16.3. The molecule has 0 amide bonds. The smallest absolute Gasteiger partial charge is 0.240 e. The lowest BCUT2D eigenvalue weighted by Gasteiger charge is -2.13. The summed E-state index contributed by atoms with van der Waals surface area (Å²) < 4.78 is 10.5. The van der Waals surface area contributed by atoms with Gasteiger partial charge in [0.1, 0.15) is 11.2 Å². The summed E-state index contributed by atoms with van der Waals surface area (Å²) in [6.45, 7) is 0. The Bertz CT molecular complexity index is 3880. The van der Waals surface area contributed by atoms with Crippen molar-refractivity contribution in [2.75, 3.05) is 0 Å². The Hall–Kier alpha value is -8.61. The number of fused-ring (bicyclic) bond motifs is 9. The molecule has 0 fully saturated rings. The topological polar surface area (TPSA) is 61.7 Å². The third-order valence-corrected chi connectivity index (χ3v) is 12.4. The monoisotopic (exact) mass is 805 g/mol. The third-order valence-electron chi connectivity index (χ3n) is 12.4. The average molecular weight is 806 g/mol. The lowest BCUT2D eigenvalue weighted by atomic mass is 9.97. The molecule has 0 saturated carbocycles. The molecule has 0 aliphatic rings. The maximum Gasteiger partial charge on any atom is 0.240 e. The van der Waals surface area contributed by atoms with Gasteiger partial charge in [-0.15, -0.1) is 0 Å². The maximum absolute atomic E-state index is 6.14. The van der Waals surface area contributed by atoms with Crippen molar-refractivity contribution in [1.82, 2.24) is 24.1 Å². The standard InChI is InChI=1S/C57H35N5O/c1-2-14-36(15-3-1)41-28-30-46-45-22-6-10-26-51(45)62(52(46)35-41)57-59-55(58-56(60-57)61-49-24-8-4-20-43(49)44-21-5-9-25-50(44)61)42-19-13-18-39(33-42)37-16-12-17-38(32-37)40-29-31-54-48(34-40)47-23-7-11-27-53(47)63-54/h1-35H. The van der Waals surface area contributed by atoms with E-state index in [0.717, 1.165) is 104 Å². The molecule has 0 saturated heterocycles. The van der Waals surface area contributed by atoms with Gasteiger partial charge in [0.15, 0.2) is 5.82 Å². The second-order valence-electron chi connectivity index (χ2n) is 16.1. The Kier molecular flexibility index (Phi) is 7.80. The molecular formula is C57H35N5O. The summed E-state index contributed by atoms with van der Waals surface area (Å²) in [5.41, 5.74) is 13.5. The van der Waals surface area contributed by atoms with E-state index in [4.69, 9.17) is 19.4 Å². The predicted molar refractivity (Wildman–Crippen MR) is 258 cm³/mol. The summed E-state index contributed by atoms with van der Waals surface area (Å²) in [4.78, 5) is 16.1. The molecule has 0 aliphatic heterocycles. The van der Waals surface area contributed by atoms with Crippen molar-refractivity contribution in [2.45, 2.75) is 0 Å². The molecule has 0 aliphatic carbocycles. The van der Waals surface area contributed by atoms with Crippen molar-refractivity contribution in [3.05, 3.63) is 212 Å². The highest BCUT2D eigenvalue weighted by Crippen LogP contribution is 2.38. The summed E-state index contributed by atoms with van der Waals surface area (Å²) in [6.07, 6.45) is 0. The Morgan fingerprint density at radius 1 is 0.270 bits per heavy atom. The molecule has 9 aromatic carbocycles. The molecule has 0 unspecified atom stereocenters. The van der Waals surface area contributed by atoms with Gasteiger partial charge in [-0.2, -0.15) is 15.0 Å². The Labute approximate surface area is 361 Å². The van der Waals surface area contributed by atoms with Crippen LogP contribution in [0.2, 0.25) is 0 Å². The number of aromatic nitrogens is 5. The summed E-state index contributed by atoms with van der Waals surface area (Å²) in [7, 11) is 0. The molecule has 13 rings (SSSR count). The van der Waals surface area contributed by atoms with Crippen molar-refractivity contribution >= 4 is 65.6 Å². The number of nitrogens with zero attached hydrogens (tertiary/aromatic N) is 5. The lowest BCUT2D eigenvalue weighted by Crippen LogP contribution is -2.10. The van der Waals surface area contributed by atoms with Crippen LogP contribution < -0.4 is 0 Å². The van der Waals surface area contributed by atoms with Crippen LogP contribution >= 0.6 is 0 Å². The van der Waals surface area contributed by atoms with Crippen molar-refractivity contribution in [2.24, 2.45) is 0 Å². The molecule has 0 bridgehead atoms. The first-order chi connectivity index (χ1) is 31.2. The summed E-state index contributed by atoms with van der Waals surface area (Å²) in [6, 6.07) is 74.6.